The van der Waals surface area contributed by atoms with E-state index < -0.39 is 58.0 Å². The van der Waals surface area contributed by atoms with Crippen LogP contribution in [-0.2, 0) is 14.4 Å². The molecule has 4 aromatic carbocycles. The zero-order valence-electron chi connectivity index (χ0n) is 30.7. The smallest absolute Gasteiger partial charge is 0.347 e. The first-order valence-electron chi connectivity index (χ1n) is 16.6. The van der Waals surface area contributed by atoms with Crippen molar-refractivity contribution in [3.05, 3.63) is 113 Å². The fraction of sp³-hybridized carbons (Fsp3) is 0.225. The quantitative estimate of drug-likeness (QED) is 0.0586. The van der Waals surface area contributed by atoms with Gasteiger partial charge in [-0.05, 0) is 133 Å². The van der Waals surface area contributed by atoms with Crippen LogP contribution < -0.4 is 25.4 Å². The molecule has 0 aliphatic carbocycles. The molecule has 0 radical (unpaired) electrons. The van der Waals surface area contributed by atoms with Gasteiger partial charge in [0.15, 0.2) is 17.0 Å². The highest BCUT2D eigenvalue weighted by Crippen LogP contribution is 2.26. The molecule has 0 saturated carbocycles. The van der Waals surface area contributed by atoms with Gasteiger partial charge in [0, 0.05) is 39.3 Å². The molecule has 55 heavy (non-hydrogen) atoms. The molecule has 15 heteroatoms. The Morgan fingerprint density at radius 1 is 0.436 bits per heavy atom. The second-order valence-corrected chi connectivity index (χ2v) is 13.9. The summed E-state index contributed by atoms with van der Waals surface area (Å²) in [7, 11) is 0. The minimum atomic E-state index is -1.68. The van der Waals surface area contributed by atoms with Gasteiger partial charge in [0.05, 0.1) is 0 Å². The third-order valence-electron chi connectivity index (χ3n) is 8.23. The summed E-state index contributed by atoms with van der Waals surface area (Å²) in [5.41, 5.74) is -4.02. The van der Waals surface area contributed by atoms with Crippen LogP contribution in [0.2, 0.25) is 0 Å². The van der Waals surface area contributed by atoms with Gasteiger partial charge in [-0.2, -0.15) is 0 Å². The van der Waals surface area contributed by atoms with Gasteiger partial charge in [-0.25, -0.2) is 9.59 Å². The molecule has 0 saturated heterocycles. The number of hydrogen-bond donors (Lipinski definition) is 6. The van der Waals surface area contributed by atoms with Crippen molar-refractivity contribution < 1.29 is 58.4 Å². The number of Topliss-reactive ketones (excluding diaryl/α,β-unsaturated/α-hetero) is 1. The second kappa shape index (κ2) is 15.9. The molecule has 0 unspecified atom stereocenters. The Morgan fingerprint density at radius 3 is 1.00 bits per heavy atom. The van der Waals surface area contributed by atoms with Crippen molar-refractivity contribution in [3.8, 4) is 11.5 Å². The van der Waals surface area contributed by atoms with Gasteiger partial charge >= 0.3 is 17.9 Å². The number of carbonyl (C=O) groups is 7. The predicted molar refractivity (Wildman–Crippen MR) is 200 cm³/mol. The number of carboxylic acid groups (broad SMARTS) is 3. The Kier molecular flexibility index (Phi) is 11.8. The van der Waals surface area contributed by atoms with E-state index in [2.05, 4.69) is 16.0 Å². The summed E-state index contributed by atoms with van der Waals surface area (Å²) >= 11 is 0. The molecule has 15 nitrogen and oxygen atoms in total. The van der Waals surface area contributed by atoms with Crippen molar-refractivity contribution in [2.75, 3.05) is 16.0 Å². The molecule has 4 rings (SSSR count). The third kappa shape index (κ3) is 10.1. The fourth-order valence-corrected chi connectivity index (χ4v) is 4.68. The summed E-state index contributed by atoms with van der Waals surface area (Å²) in [5, 5.41) is 36.1. The summed E-state index contributed by atoms with van der Waals surface area (Å²) in [6.07, 6.45) is 0. The second-order valence-electron chi connectivity index (χ2n) is 13.9. The topological polar surface area (TPSA) is 235 Å². The monoisotopic (exact) mass is 753 g/mol. The van der Waals surface area contributed by atoms with E-state index in [1.54, 1.807) is 0 Å². The Balaban J connectivity index is 1.60. The molecular weight excluding hydrogens is 714 g/mol. The lowest BCUT2D eigenvalue weighted by Gasteiger charge is -2.21. The number of aliphatic carboxylic acids is 3. The van der Waals surface area contributed by atoms with E-state index in [0.29, 0.717) is 11.4 Å². The Hall–Kier alpha value is -7.03. The summed E-state index contributed by atoms with van der Waals surface area (Å²) < 4.78 is 11.0. The van der Waals surface area contributed by atoms with Gasteiger partial charge < -0.3 is 40.7 Å². The largest absolute Gasteiger partial charge is 0.481 e. The van der Waals surface area contributed by atoms with Crippen molar-refractivity contribution in [1.82, 2.24) is 0 Å². The van der Waals surface area contributed by atoms with Crippen LogP contribution in [0.5, 0.6) is 11.5 Å². The van der Waals surface area contributed by atoms with E-state index in [0.717, 1.165) is 0 Å². The Bertz CT molecular complexity index is 2050. The first-order valence-corrected chi connectivity index (χ1v) is 16.6. The Labute approximate surface area is 315 Å². The summed E-state index contributed by atoms with van der Waals surface area (Å²) in [5.74, 6) is -5.94. The fourth-order valence-electron chi connectivity index (χ4n) is 4.68. The van der Waals surface area contributed by atoms with Gasteiger partial charge in [0.25, 0.3) is 17.7 Å². The first-order chi connectivity index (χ1) is 25.6. The van der Waals surface area contributed by atoms with E-state index in [4.69, 9.17) is 9.47 Å². The van der Waals surface area contributed by atoms with Crippen molar-refractivity contribution in [1.29, 1.82) is 0 Å². The van der Waals surface area contributed by atoms with Crippen LogP contribution in [0, 0.1) is 5.41 Å². The number of carboxylic acids is 3. The third-order valence-corrected chi connectivity index (χ3v) is 8.23. The van der Waals surface area contributed by atoms with Crippen LogP contribution >= 0.6 is 0 Å². The Morgan fingerprint density at radius 2 is 0.727 bits per heavy atom. The first kappa shape index (κ1) is 40.7. The lowest BCUT2D eigenvalue weighted by molar-refractivity contribution is -0.152. The maximum atomic E-state index is 13.5. The molecular formula is C40H39N3O12. The van der Waals surface area contributed by atoms with Crippen molar-refractivity contribution in [2.24, 2.45) is 5.41 Å². The zero-order chi connectivity index (χ0) is 40.9. The number of amides is 3. The van der Waals surface area contributed by atoms with Crippen molar-refractivity contribution in [2.45, 2.75) is 52.7 Å². The molecule has 4 aromatic rings. The van der Waals surface area contributed by atoms with Crippen molar-refractivity contribution in [3.63, 3.8) is 0 Å². The van der Waals surface area contributed by atoms with E-state index in [-0.39, 0.29) is 39.4 Å². The molecule has 0 aromatic heterocycles. The van der Waals surface area contributed by atoms with Gasteiger partial charge in [-0.15, -0.1) is 0 Å². The summed E-state index contributed by atoms with van der Waals surface area (Å²) in [6.45, 7) is 8.09. The highest BCUT2D eigenvalue weighted by molar-refractivity contribution is 6.14. The van der Waals surface area contributed by atoms with Gasteiger partial charge in [-0.1, -0.05) is 0 Å². The number of rotatable bonds is 15. The minimum Gasteiger partial charge on any atom is -0.481 e. The molecule has 3 amide bonds. The average Bonchev–Trinajstić information content (AvgIpc) is 3.12. The molecule has 0 aliphatic rings. The van der Waals surface area contributed by atoms with Gasteiger partial charge in [0.1, 0.15) is 16.9 Å². The lowest BCUT2D eigenvalue weighted by Crippen LogP contribution is -2.37. The molecule has 0 heterocycles. The standard InChI is InChI=1S/C40H39N3O12/c1-38(2,35(48)49)31(44)22-7-9-26(10-8-22)41-32(45)23-19-24(33(46)42-27-11-15-29(16-12-27)54-39(3,4)36(50)51)21-25(20-23)34(47)43-28-13-17-30(18-14-28)55-40(5,6)37(52)53/h7-21H,1-6H3,(H,41,45)(H,42,46)(H,43,47)(H,48,49)(H,50,51)(H,52,53). The number of ketones is 1. The average molecular weight is 754 g/mol. The predicted octanol–water partition coefficient (Wildman–Crippen LogP) is 6.22. The molecule has 0 atom stereocenters. The maximum absolute atomic E-state index is 13.5. The van der Waals surface area contributed by atoms with Crippen LogP contribution in [0.15, 0.2) is 91.0 Å². The SMILES string of the molecule is CC(C)(Oc1ccc(NC(=O)c2cc(C(=O)Nc3ccc(OC(C)(C)C(=O)O)cc3)cc(C(=O)Nc3ccc(C(=O)C(C)(C)C(=O)O)cc3)c2)cc1)C(=O)O. The van der Waals surface area contributed by atoms with Crippen LogP contribution in [0.3, 0.4) is 0 Å². The number of ether oxygens (including phenoxy) is 2. The molecule has 286 valence electrons. The number of nitrogens with one attached hydrogen (secondary N) is 3. The van der Waals surface area contributed by atoms with Crippen LogP contribution in [0.1, 0.15) is 83.0 Å². The maximum Gasteiger partial charge on any atom is 0.347 e. The summed E-state index contributed by atoms with van der Waals surface area (Å²) in [6, 6.07) is 21.1. The highest BCUT2D eigenvalue weighted by Gasteiger charge is 2.36. The van der Waals surface area contributed by atoms with Gasteiger partial charge in [0.2, 0.25) is 0 Å². The number of hydrogen-bond acceptors (Lipinski definition) is 9. The minimum absolute atomic E-state index is 0.0818. The normalized spacial score (nSPS) is 11.5. The summed E-state index contributed by atoms with van der Waals surface area (Å²) in [4.78, 5) is 87.6. The molecule has 0 spiro atoms. The van der Waals surface area contributed by atoms with Crippen LogP contribution in [0.4, 0.5) is 17.1 Å². The van der Waals surface area contributed by atoms with Crippen LogP contribution in [-0.4, -0.2) is 67.9 Å². The number of carbonyl (C=O) groups excluding carboxylic acids is 4. The molecule has 0 aliphatic heterocycles. The molecule has 0 bridgehead atoms. The van der Waals surface area contributed by atoms with E-state index in [9.17, 15) is 48.9 Å². The van der Waals surface area contributed by atoms with Crippen molar-refractivity contribution >= 4 is 58.5 Å². The molecule has 0 fully saturated rings. The van der Waals surface area contributed by atoms with E-state index in [1.807, 2.05) is 0 Å². The lowest BCUT2D eigenvalue weighted by atomic mass is 9.84. The van der Waals surface area contributed by atoms with E-state index in [1.165, 1.54) is 133 Å². The van der Waals surface area contributed by atoms with E-state index >= 15 is 0 Å². The number of anilines is 3. The van der Waals surface area contributed by atoms with Gasteiger partial charge in [-0.3, -0.25) is 24.0 Å². The zero-order valence-corrected chi connectivity index (χ0v) is 30.7. The number of benzene rings is 4. The highest BCUT2D eigenvalue weighted by atomic mass is 16.5. The molecule has 6 N–H and O–H groups in total. The van der Waals surface area contributed by atoms with Crippen LogP contribution in [0.25, 0.3) is 0 Å².